The molecule has 2 aromatic heterocycles. The maximum Gasteiger partial charge on any atom is 0.233 e. The highest BCUT2D eigenvalue weighted by molar-refractivity contribution is 5.78. The lowest BCUT2D eigenvalue weighted by atomic mass is 10.1. The van der Waals surface area contributed by atoms with Crippen LogP contribution in [0.1, 0.15) is 18.4 Å². The highest BCUT2D eigenvalue weighted by Gasteiger charge is 2.25. The summed E-state index contributed by atoms with van der Waals surface area (Å²) in [5, 5.41) is 7.72. The van der Waals surface area contributed by atoms with E-state index in [4.69, 9.17) is 4.74 Å². The number of nitrogens with zero attached hydrogens (tertiary/aromatic N) is 4. The van der Waals surface area contributed by atoms with Gasteiger partial charge in [0.2, 0.25) is 11.8 Å². The molecule has 0 unspecified atom stereocenters. The predicted octanol–water partition coefficient (Wildman–Crippen LogP) is 1.48. The van der Waals surface area contributed by atoms with E-state index < -0.39 is 0 Å². The molecule has 1 aliphatic heterocycles. The Morgan fingerprint density at radius 1 is 1.32 bits per heavy atom. The molecule has 1 atom stereocenters. The van der Waals surface area contributed by atoms with Crippen LogP contribution < -0.4 is 4.74 Å². The van der Waals surface area contributed by atoms with Gasteiger partial charge in [-0.3, -0.25) is 9.78 Å². The first-order valence-corrected chi connectivity index (χ1v) is 7.42. The third-order valence-corrected chi connectivity index (χ3v) is 3.64. The number of carbonyl (C=O) groups excluding carboxylic acids is 1. The first-order chi connectivity index (χ1) is 10.8. The summed E-state index contributed by atoms with van der Waals surface area (Å²) in [6.45, 7) is 1.37. The number of rotatable bonds is 4. The smallest absolute Gasteiger partial charge is 0.233 e. The van der Waals surface area contributed by atoms with E-state index in [0.717, 1.165) is 24.9 Å². The maximum absolute atomic E-state index is 12.4. The maximum atomic E-state index is 12.4. The molecule has 22 heavy (non-hydrogen) atoms. The van der Waals surface area contributed by atoms with E-state index in [0.29, 0.717) is 18.8 Å². The highest BCUT2D eigenvalue weighted by Crippen LogP contribution is 2.17. The van der Waals surface area contributed by atoms with Gasteiger partial charge < -0.3 is 9.64 Å². The van der Waals surface area contributed by atoms with E-state index in [2.05, 4.69) is 15.2 Å². The minimum Gasteiger partial charge on any atom is -0.471 e. The molecule has 0 N–H and O–H groups in total. The Morgan fingerprint density at radius 2 is 2.23 bits per heavy atom. The monoisotopic (exact) mass is 298 g/mol. The lowest BCUT2D eigenvalue weighted by Crippen LogP contribution is -2.45. The standard InChI is InChI=1S/C16H18N4O2/c21-16(10-13-4-1-7-17-11-13)20-9-3-5-14(12-20)22-15-6-2-8-18-19-15/h1-2,4,6-8,11,14H,3,5,9-10,12H2/t14-/m0/s1. The van der Waals surface area contributed by atoms with E-state index in [1.807, 2.05) is 17.0 Å². The molecule has 1 fully saturated rings. The molecule has 0 aliphatic carbocycles. The number of ether oxygens (including phenoxy) is 1. The third-order valence-electron chi connectivity index (χ3n) is 3.64. The number of carbonyl (C=O) groups is 1. The summed E-state index contributed by atoms with van der Waals surface area (Å²) in [5.41, 5.74) is 0.935. The Hall–Kier alpha value is -2.50. The fourth-order valence-electron chi connectivity index (χ4n) is 2.57. The molecule has 0 aromatic carbocycles. The van der Waals surface area contributed by atoms with Crippen LogP contribution in [0.25, 0.3) is 0 Å². The van der Waals surface area contributed by atoms with Crippen molar-refractivity contribution in [3.05, 3.63) is 48.4 Å². The van der Waals surface area contributed by atoms with Crippen LogP contribution in [-0.4, -0.2) is 45.2 Å². The molecule has 6 nitrogen and oxygen atoms in total. The van der Waals surface area contributed by atoms with Crippen molar-refractivity contribution in [2.24, 2.45) is 0 Å². The van der Waals surface area contributed by atoms with Crippen molar-refractivity contribution in [3.8, 4) is 5.88 Å². The highest BCUT2D eigenvalue weighted by atomic mass is 16.5. The second kappa shape index (κ2) is 6.98. The number of likely N-dealkylation sites (tertiary alicyclic amines) is 1. The van der Waals surface area contributed by atoms with Gasteiger partial charge in [-0.1, -0.05) is 6.07 Å². The summed E-state index contributed by atoms with van der Waals surface area (Å²) in [6, 6.07) is 7.33. The molecule has 1 saturated heterocycles. The number of hydrogen-bond donors (Lipinski definition) is 0. The van der Waals surface area contributed by atoms with Crippen LogP contribution in [0.4, 0.5) is 0 Å². The van der Waals surface area contributed by atoms with Gasteiger partial charge in [0.1, 0.15) is 6.10 Å². The Labute approximate surface area is 129 Å². The largest absolute Gasteiger partial charge is 0.471 e. The molecule has 0 spiro atoms. The Kier molecular flexibility index (Phi) is 4.58. The minimum atomic E-state index is -0.0247. The lowest BCUT2D eigenvalue weighted by molar-refractivity contribution is -0.133. The average Bonchev–Trinajstić information content (AvgIpc) is 2.57. The third kappa shape index (κ3) is 3.78. The molecule has 114 valence electrons. The van der Waals surface area contributed by atoms with Crippen molar-refractivity contribution in [2.75, 3.05) is 13.1 Å². The summed E-state index contributed by atoms with van der Waals surface area (Å²) in [4.78, 5) is 18.3. The van der Waals surface area contributed by atoms with Crippen molar-refractivity contribution in [1.82, 2.24) is 20.1 Å². The van der Waals surface area contributed by atoms with Gasteiger partial charge in [0, 0.05) is 31.2 Å². The van der Waals surface area contributed by atoms with Gasteiger partial charge in [0.15, 0.2) is 0 Å². The molecule has 1 amide bonds. The van der Waals surface area contributed by atoms with Gasteiger partial charge in [-0.25, -0.2) is 0 Å². The van der Waals surface area contributed by atoms with E-state index in [1.165, 1.54) is 0 Å². The lowest BCUT2D eigenvalue weighted by Gasteiger charge is -2.32. The molecule has 1 aliphatic rings. The molecule has 2 aromatic rings. The van der Waals surface area contributed by atoms with Crippen molar-refractivity contribution in [2.45, 2.75) is 25.4 Å². The zero-order valence-corrected chi connectivity index (χ0v) is 12.3. The summed E-state index contributed by atoms with van der Waals surface area (Å²) in [7, 11) is 0. The molecule has 0 bridgehead atoms. The zero-order valence-electron chi connectivity index (χ0n) is 12.3. The van der Waals surface area contributed by atoms with Crippen molar-refractivity contribution >= 4 is 5.91 Å². The minimum absolute atomic E-state index is 0.0247. The first-order valence-electron chi connectivity index (χ1n) is 7.42. The van der Waals surface area contributed by atoms with Crippen LogP contribution in [0, 0.1) is 0 Å². The molecule has 3 heterocycles. The molecule has 3 rings (SSSR count). The molecule has 6 heteroatoms. The van der Waals surface area contributed by atoms with Crippen LogP contribution in [0.15, 0.2) is 42.9 Å². The number of piperidine rings is 1. The summed E-state index contributed by atoms with van der Waals surface area (Å²) < 4.78 is 5.81. The fourth-order valence-corrected chi connectivity index (χ4v) is 2.57. The quantitative estimate of drug-likeness (QED) is 0.855. The summed E-state index contributed by atoms with van der Waals surface area (Å²) in [5.74, 6) is 0.620. The normalized spacial score (nSPS) is 18.0. The Balaban J connectivity index is 1.57. The van der Waals surface area contributed by atoms with Crippen molar-refractivity contribution < 1.29 is 9.53 Å². The molecular formula is C16H18N4O2. The number of amides is 1. The van der Waals surface area contributed by atoms with Gasteiger partial charge in [-0.2, -0.15) is 5.10 Å². The van der Waals surface area contributed by atoms with Crippen molar-refractivity contribution in [3.63, 3.8) is 0 Å². The van der Waals surface area contributed by atoms with Gasteiger partial charge in [0.25, 0.3) is 0 Å². The number of aromatic nitrogens is 3. The Morgan fingerprint density at radius 3 is 3.00 bits per heavy atom. The summed E-state index contributed by atoms with van der Waals surface area (Å²) in [6.07, 6.45) is 7.26. The van der Waals surface area contributed by atoms with E-state index in [1.54, 1.807) is 30.7 Å². The van der Waals surface area contributed by atoms with Gasteiger partial charge in [-0.05, 0) is 30.5 Å². The number of hydrogen-bond acceptors (Lipinski definition) is 5. The van der Waals surface area contributed by atoms with Crippen molar-refractivity contribution in [1.29, 1.82) is 0 Å². The second-order valence-corrected chi connectivity index (χ2v) is 5.32. The second-order valence-electron chi connectivity index (χ2n) is 5.32. The van der Waals surface area contributed by atoms with Gasteiger partial charge in [0.05, 0.1) is 13.0 Å². The Bertz CT molecular complexity index is 606. The summed E-state index contributed by atoms with van der Waals surface area (Å²) >= 11 is 0. The van der Waals surface area contributed by atoms with E-state index in [9.17, 15) is 4.79 Å². The van der Waals surface area contributed by atoms with E-state index in [-0.39, 0.29) is 12.0 Å². The number of pyridine rings is 1. The van der Waals surface area contributed by atoms with Crippen LogP contribution in [-0.2, 0) is 11.2 Å². The molecule has 0 saturated carbocycles. The van der Waals surface area contributed by atoms with Crippen LogP contribution in [0.2, 0.25) is 0 Å². The predicted molar refractivity (Wildman–Crippen MR) is 80.2 cm³/mol. The molecular weight excluding hydrogens is 280 g/mol. The zero-order chi connectivity index (χ0) is 15.2. The molecule has 0 radical (unpaired) electrons. The van der Waals surface area contributed by atoms with Gasteiger partial charge >= 0.3 is 0 Å². The van der Waals surface area contributed by atoms with Crippen LogP contribution in [0.5, 0.6) is 5.88 Å². The van der Waals surface area contributed by atoms with Crippen LogP contribution >= 0.6 is 0 Å². The first kappa shape index (κ1) is 14.4. The fraction of sp³-hybridized carbons (Fsp3) is 0.375. The van der Waals surface area contributed by atoms with Crippen LogP contribution in [0.3, 0.4) is 0 Å². The van der Waals surface area contributed by atoms with Gasteiger partial charge in [-0.15, -0.1) is 5.10 Å². The average molecular weight is 298 g/mol. The van der Waals surface area contributed by atoms with E-state index >= 15 is 0 Å². The SMILES string of the molecule is O=C(Cc1cccnc1)N1CCC[C@H](Oc2cccnn2)C1. The topological polar surface area (TPSA) is 68.2 Å².